The van der Waals surface area contributed by atoms with E-state index in [1.54, 1.807) is 24.8 Å². The number of hydrogen-bond donors (Lipinski definition) is 0. The third-order valence-electron chi connectivity index (χ3n) is 10.3. The average molecular weight is 675 g/mol. The molecule has 1 aliphatic rings. The van der Waals surface area contributed by atoms with Gasteiger partial charge in [-0.1, -0.05) is 121 Å². The summed E-state index contributed by atoms with van der Waals surface area (Å²) in [4.78, 5) is 8.61. The Hall–Kier alpha value is -7.40. The van der Waals surface area contributed by atoms with Gasteiger partial charge >= 0.3 is 0 Å². The van der Waals surface area contributed by atoms with Crippen LogP contribution in [0.2, 0.25) is 0 Å². The second-order valence-electron chi connectivity index (χ2n) is 13.3. The highest BCUT2D eigenvalue weighted by Crippen LogP contribution is 2.57. The number of aromatic nitrogens is 2. The highest BCUT2D eigenvalue weighted by Gasteiger charge is 2.46. The Morgan fingerprint density at radius 1 is 0.358 bits per heavy atom. The maximum absolute atomic E-state index is 9.49. The van der Waals surface area contributed by atoms with Crippen LogP contribution < -0.4 is 0 Å². The van der Waals surface area contributed by atoms with Crippen LogP contribution in [0, 0.1) is 22.7 Å². The minimum atomic E-state index is -0.527. The van der Waals surface area contributed by atoms with E-state index in [1.165, 1.54) is 33.4 Å². The fraction of sp³-hybridized carbons (Fsp3) is 0.0204. The van der Waals surface area contributed by atoms with Crippen molar-refractivity contribution in [3.63, 3.8) is 0 Å². The summed E-state index contributed by atoms with van der Waals surface area (Å²) in [6.07, 6.45) is 6.79. The van der Waals surface area contributed by atoms with E-state index in [1.807, 2.05) is 12.1 Å². The molecule has 246 valence electrons. The van der Waals surface area contributed by atoms with E-state index in [-0.39, 0.29) is 0 Å². The average Bonchev–Trinajstić information content (AvgIpc) is 3.54. The quantitative estimate of drug-likeness (QED) is 0.176. The van der Waals surface area contributed by atoms with E-state index in [9.17, 15) is 10.5 Å². The SMILES string of the molecule is N#Cc1cncc(-c2cccc(-c3ccc4c(c3)-c3cc(-c5cccc(-c6cncc(C#N)c6)c5)ccc3C4(c3ccccc3)c3ccccc3)c2)c1. The molecule has 0 unspecified atom stereocenters. The predicted octanol–water partition coefficient (Wildman–Crippen LogP) is 11.3. The van der Waals surface area contributed by atoms with E-state index in [0.717, 1.165) is 44.5 Å². The molecule has 4 heteroatoms. The van der Waals surface area contributed by atoms with Gasteiger partial charge in [0.05, 0.1) is 16.5 Å². The smallest absolute Gasteiger partial charge is 0.101 e. The molecular formula is C49H30N4. The Balaban J connectivity index is 1.25. The van der Waals surface area contributed by atoms with Gasteiger partial charge in [0.15, 0.2) is 0 Å². The van der Waals surface area contributed by atoms with Gasteiger partial charge in [0.25, 0.3) is 0 Å². The molecule has 0 bridgehead atoms. The Morgan fingerprint density at radius 2 is 0.755 bits per heavy atom. The summed E-state index contributed by atoms with van der Waals surface area (Å²) in [5.74, 6) is 0. The molecule has 0 amide bonds. The zero-order valence-corrected chi connectivity index (χ0v) is 28.6. The minimum absolute atomic E-state index is 0.527. The van der Waals surface area contributed by atoms with Gasteiger partial charge in [-0.3, -0.25) is 9.97 Å². The molecule has 0 saturated carbocycles. The lowest BCUT2D eigenvalue weighted by Gasteiger charge is -2.34. The summed E-state index contributed by atoms with van der Waals surface area (Å²) < 4.78 is 0. The molecule has 53 heavy (non-hydrogen) atoms. The molecule has 0 radical (unpaired) electrons. The maximum Gasteiger partial charge on any atom is 0.101 e. The monoisotopic (exact) mass is 674 g/mol. The topological polar surface area (TPSA) is 73.4 Å². The number of nitriles is 2. The Morgan fingerprint density at radius 3 is 1.17 bits per heavy atom. The van der Waals surface area contributed by atoms with Crippen LogP contribution in [-0.4, -0.2) is 9.97 Å². The van der Waals surface area contributed by atoms with Crippen molar-refractivity contribution in [2.75, 3.05) is 0 Å². The molecule has 0 aliphatic heterocycles. The van der Waals surface area contributed by atoms with Crippen molar-refractivity contribution in [2.24, 2.45) is 0 Å². The number of fused-ring (bicyclic) bond motifs is 3. The molecule has 2 aromatic heterocycles. The van der Waals surface area contributed by atoms with E-state index in [0.29, 0.717) is 11.1 Å². The number of pyridine rings is 2. The predicted molar refractivity (Wildman–Crippen MR) is 211 cm³/mol. The van der Waals surface area contributed by atoms with E-state index in [2.05, 4.69) is 168 Å². The van der Waals surface area contributed by atoms with Gasteiger partial charge in [-0.2, -0.15) is 10.5 Å². The van der Waals surface area contributed by atoms with Crippen molar-refractivity contribution in [3.8, 4) is 67.8 Å². The van der Waals surface area contributed by atoms with Gasteiger partial charge < -0.3 is 0 Å². The van der Waals surface area contributed by atoms with Crippen LogP contribution in [0.4, 0.5) is 0 Å². The molecule has 8 aromatic rings. The van der Waals surface area contributed by atoms with Gasteiger partial charge in [0, 0.05) is 35.9 Å². The summed E-state index contributed by atoms with van der Waals surface area (Å²) in [5.41, 5.74) is 16.0. The third kappa shape index (κ3) is 5.38. The summed E-state index contributed by atoms with van der Waals surface area (Å²) in [6.45, 7) is 0. The van der Waals surface area contributed by atoms with Crippen molar-refractivity contribution < 1.29 is 0 Å². The normalized spacial score (nSPS) is 12.3. The van der Waals surface area contributed by atoms with Crippen LogP contribution in [0.3, 0.4) is 0 Å². The van der Waals surface area contributed by atoms with Gasteiger partial charge in [-0.25, -0.2) is 0 Å². The molecule has 0 fully saturated rings. The second-order valence-corrected chi connectivity index (χ2v) is 13.3. The first-order chi connectivity index (χ1) is 26.1. The van der Waals surface area contributed by atoms with Crippen LogP contribution in [0.15, 0.2) is 183 Å². The molecule has 0 saturated heterocycles. The van der Waals surface area contributed by atoms with Gasteiger partial charge in [0.1, 0.15) is 12.1 Å². The van der Waals surface area contributed by atoms with Crippen LogP contribution in [0.5, 0.6) is 0 Å². The molecule has 0 atom stereocenters. The molecule has 0 spiro atoms. The van der Waals surface area contributed by atoms with E-state index in [4.69, 9.17) is 0 Å². The number of benzene rings is 6. The van der Waals surface area contributed by atoms with Gasteiger partial charge in [0.2, 0.25) is 0 Å². The van der Waals surface area contributed by atoms with Crippen molar-refractivity contribution in [3.05, 3.63) is 216 Å². The van der Waals surface area contributed by atoms with Gasteiger partial charge in [-0.15, -0.1) is 0 Å². The lowest BCUT2D eigenvalue weighted by molar-refractivity contribution is 0.768. The van der Waals surface area contributed by atoms with E-state index >= 15 is 0 Å². The fourth-order valence-corrected chi connectivity index (χ4v) is 7.93. The first-order valence-corrected chi connectivity index (χ1v) is 17.5. The number of hydrogen-bond acceptors (Lipinski definition) is 4. The lowest BCUT2D eigenvalue weighted by atomic mass is 9.67. The van der Waals surface area contributed by atoms with Crippen molar-refractivity contribution >= 4 is 0 Å². The van der Waals surface area contributed by atoms with Crippen LogP contribution in [0.25, 0.3) is 55.6 Å². The molecule has 6 aromatic carbocycles. The largest absolute Gasteiger partial charge is 0.263 e. The van der Waals surface area contributed by atoms with Crippen molar-refractivity contribution in [2.45, 2.75) is 5.41 Å². The molecule has 2 heterocycles. The molecule has 4 nitrogen and oxygen atoms in total. The highest BCUT2D eigenvalue weighted by atomic mass is 14.6. The standard InChI is InChI=1S/C49H30N4/c50-27-33-21-41(31-52-29-33)37-11-7-9-35(23-37)39-17-19-47-45(25-39)46-26-40(36-10-8-12-38(24-36)42-22-34(28-51)30-53-32-42)18-20-48(46)49(47,43-13-3-1-4-14-43)44-15-5-2-6-16-44/h1-26,29-32H. The third-order valence-corrected chi connectivity index (χ3v) is 10.3. The van der Waals surface area contributed by atoms with Crippen molar-refractivity contribution in [1.82, 2.24) is 9.97 Å². The molecular weight excluding hydrogens is 645 g/mol. The zero-order valence-electron chi connectivity index (χ0n) is 28.6. The fourth-order valence-electron chi connectivity index (χ4n) is 7.93. The van der Waals surface area contributed by atoms with E-state index < -0.39 is 5.41 Å². The Labute approximate surface area is 308 Å². The number of nitrogens with zero attached hydrogens (tertiary/aromatic N) is 4. The minimum Gasteiger partial charge on any atom is -0.263 e. The van der Waals surface area contributed by atoms with Gasteiger partial charge in [-0.05, 0) is 103 Å². The number of rotatable bonds is 6. The summed E-state index contributed by atoms with van der Waals surface area (Å²) in [5, 5.41) is 19.0. The first kappa shape index (κ1) is 31.6. The summed E-state index contributed by atoms with van der Waals surface area (Å²) in [7, 11) is 0. The molecule has 9 rings (SSSR count). The summed E-state index contributed by atoms with van der Waals surface area (Å²) in [6, 6.07) is 60.5. The van der Waals surface area contributed by atoms with Crippen LogP contribution >= 0.6 is 0 Å². The lowest BCUT2D eigenvalue weighted by Crippen LogP contribution is -2.28. The zero-order chi connectivity index (χ0) is 35.8. The van der Waals surface area contributed by atoms with Crippen LogP contribution in [0.1, 0.15) is 33.4 Å². The summed E-state index contributed by atoms with van der Waals surface area (Å²) >= 11 is 0. The molecule has 1 aliphatic carbocycles. The van der Waals surface area contributed by atoms with Crippen LogP contribution in [-0.2, 0) is 5.41 Å². The first-order valence-electron chi connectivity index (χ1n) is 17.5. The van der Waals surface area contributed by atoms with Crippen molar-refractivity contribution in [1.29, 1.82) is 10.5 Å². The highest BCUT2D eigenvalue weighted by molar-refractivity contribution is 5.91. The second kappa shape index (κ2) is 13.1. The molecule has 0 N–H and O–H groups in total. The Bertz CT molecular complexity index is 2560. The maximum atomic E-state index is 9.49. The Kier molecular flexibility index (Phi) is 7.77.